The van der Waals surface area contributed by atoms with Gasteiger partial charge in [-0.1, -0.05) is 11.6 Å². The van der Waals surface area contributed by atoms with Crippen LogP contribution in [-0.2, 0) is 0 Å². The SMILES string of the molecule is OC1=CC(O)N=C(c2ccc(F)c(Cl)c2)N1. The largest absolute Gasteiger partial charge is 0.495 e. The zero-order chi connectivity index (χ0) is 11.7. The summed E-state index contributed by atoms with van der Waals surface area (Å²) in [5, 5.41) is 21.0. The van der Waals surface area contributed by atoms with Gasteiger partial charge in [-0.15, -0.1) is 0 Å². The molecule has 0 saturated heterocycles. The van der Waals surface area contributed by atoms with E-state index >= 15 is 0 Å². The molecule has 1 unspecified atom stereocenters. The normalized spacial score (nSPS) is 19.8. The van der Waals surface area contributed by atoms with Gasteiger partial charge in [0, 0.05) is 11.6 Å². The lowest BCUT2D eigenvalue weighted by molar-refractivity contribution is 0.220. The molecule has 0 spiro atoms. The van der Waals surface area contributed by atoms with E-state index in [2.05, 4.69) is 10.3 Å². The summed E-state index contributed by atoms with van der Waals surface area (Å²) in [4.78, 5) is 3.82. The maximum atomic E-state index is 12.9. The molecule has 0 bridgehead atoms. The number of aliphatic imine (C=N–C) groups is 1. The van der Waals surface area contributed by atoms with E-state index in [0.717, 1.165) is 6.08 Å². The number of benzene rings is 1. The Bertz CT molecular complexity index is 488. The van der Waals surface area contributed by atoms with Gasteiger partial charge < -0.3 is 15.5 Å². The monoisotopic (exact) mass is 242 g/mol. The topological polar surface area (TPSA) is 64.8 Å². The van der Waals surface area contributed by atoms with Crippen molar-refractivity contribution in [3.8, 4) is 0 Å². The molecule has 0 amide bonds. The highest BCUT2D eigenvalue weighted by Gasteiger charge is 2.14. The molecule has 1 atom stereocenters. The predicted octanol–water partition coefficient (Wildman–Crippen LogP) is 1.55. The van der Waals surface area contributed by atoms with Crippen molar-refractivity contribution in [2.24, 2.45) is 4.99 Å². The average molecular weight is 243 g/mol. The van der Waals surface area contributed by atoms with Crippen LogP contribution in [0.4, 0.5) is 4.39 Å². The number of hydrogen-bond acceptors (Lipinski definition) is 4. The van der Waals surface area contributed by atoms with Gasteiger partial charge >= 0.3 is 0 Å². The van der Waals surface area contributed by atoms with E-state index in [0.29, 0.717) is 5.56 Å². The van der Waals surface area contributed by atoms with Crippen LogP contribution >= 0.6 is 11.6 Å². The first kappa shape index (κ1) is 10.9. The zero-order valence-electron chi connectivity index (χ0n) is 7.98. The quantitative estimate of drug-likeness (QED) is 0.700. The number of aliphatic hydroxyl groups is 2. The summed E-state index contributed by atoms with van der Waals surface area (Å²) in [5.74, 6) is -0.519. The van der Waals surface area contributed by atoms with Crippen molar-refractivity contribution in [3.63, 3.8) is 0 Å². The molecule has 1 aliphatic rings. The first-order valence-electron chi connectivity index (χ1n) is 4.45. The van der Waals surface area contributed by atoms with E-state index in [9.17, 15) is 14.6 Å². The molecule has 1 aromatic rings. The van der Waals surface area contributed by atoms with E-state index in [1.54, 1.807) is 0 Å². The molecule has 1 aliphatic heterocycles. The van der Waals surface area contributed by atoms with Gasteiger partial charge in [0.2, 0.25) is 0 Å². The molecule has 84 valence electrons. The molecule has 1 heterocycles. The van der Waals surface area contributed by atoms with Crippen LogP contribution in [0.15, 0.2) is 35.2 Å². The highest BCUT2D eigenvalue weighted by atomic mass is 35.5. The first-order chi connectivity index (χ1) is 7.56. The Hall–Kier alpha value is -1.59. The van der Waals surface area contributed by atoms with Crippen LogP contribution in [-0.4, -0.2) is 22.3 Å². The molecule has 4 nitrogen and oxygen atoms in total. The van der Waals surface area contributed by atoms with Gasteiger partial charge in [-0.05, 0) is 18.2 Å². The van der Waals surface area contributed by atoms with Crippen molar-refractivity contribution in [2.75, 3.05) is 0 Å². The summed E-state index contributed by atoms with van der Waals surface area (Å²) in [7, 11) is 0. The smallest absolute Gasteiger partial charge is 0.190 e. The average Bonchev–Trinajstić information content (AvgIpc) is 2.20. The second-order valence-corrected chi connectivity index (χ2v) is 3.60. The Morgan fingerprint density at radius 1 is 1.44 bits per heavy atom. The molecule has 1 aromatic carbocycles. The van der Waals surface area contributed by atoms with Crippen molar-refractivity contribution in [3.05, 3.63) is 46.6 Å². The van der Waals surface area contributed by atoms with Crippen molar-refractivity contribution in [1.29, 1.82) is 0 Å². The van der Waals surface area contributed by atoms with Gasteiger partial charge in [-0.3, -0.25) is 0 Å². The van der Waals surface area contributed by atoms with Crippen molar-refractivity contribution < 1.29 is 14.6 Å². The summed E-state index contributed by atoms with van der Waals surface area (Å²) in [6, 6.07) is 3.98. The summed E-state index contributed by atoms with van der Waals surface area (Å²) in [5.41, 5.74) is 0.477. The van der Waals surface area contributed by atoms with E-state index < -0.39 is 12.0 Å². The lowest BCUT2D eigenvalue weighted by Gasteiger charge is -2.16. The van der Waals surface area contributed by atoms with Crippen LogP contribution in [0.5, 0.6) is 0 Å². The highest BCUT2D eigenvalue weighted by Crippen LogP contribution is 2.17. The van der Waals surface area contributed by atoms with Crippen molar-refractivity contribution in [2.45, 2.75) is 6.23 Å². The molecule has 3 N–H and O–H groups in total. The summed E-state index contributed by atoms with van der Waals surface area (Å²) in [6.07, 6.45) is 0.00863. The van der Waals surface area contributed by atoms with Crippen LogP contribution in [0.3, 0.4) is 0 Å². The molecular formula is C10H8ClFN2O2. The van der Waals surface area contributed by atoms with Gasteiger partial charge in [-0.2, -0.15) is 0 Å². The fourth-order valence-corrected chi connectivity index (χ4v) is 1.48. The number of hydrogen-bond donors (Lipinski definition) is 3. The standard InChI is InChI=1S/C10H8ClFN2O2/c11-6-3-5(1-2-7(6)12)10-13-8(15)4-9(16)14-10/h1-4,8,15-16H,(H,13,14). The van der Waals surface area contributed by atoms with E-state index in [4.69, 9.17) is 11.6 Å². The van der Waals surface area contributed by atoms with E-state index in [-0.39, 0.29) is 16.7 Å². The first-order valence-corrected chi connectivity index (χ1v) is 4.83. The molecule has 6 heteroatoms. The maximum absolute atomic E-state index is 12.9. The van der Waals surface area contributed by atoms with Crippen LogP contribution in [0.2, 0.25) is 5.02 Å². The minimum atomic E-state index is -1.12. The second kappa shape index (κ2) is 4.11. The van der Waals surface area contributed by atoms with E-state index in [1.807, 2.05) is 0 Å². The molecule has 16 heavy (non-hydrogen) atoms. The molecular weight excluding hydrogens is 235 g/mol. The highest BCUT2D eigenvalue weighted by molar-refractivity contribution is 6.31. The minimum absolute atomic E-state index is 0.0504. The third-order valence-corrected chi connectivity index (χ3v) is 2.30. The van der Waals surface area contributed by atoms with Crippen LogP contribution in [0.1, 0.15) is 5.56 Å². The summed E-state index contributed by atoms with van der Waals surface area (Å²) >= 11 is 5.61. The Labute approximate surface area is 95.7 Å². The summed E-state index contributed by atoms with van der Waals surface area (Å²) in [6.45, 7) is 0. The molecule has 0 aliphatic carbocycles. The Morgan fingerprint density at radius 3 is 2.81 bits per heavy atom. The lowest BCUT2D eigenvalue weighted by atomic mass is 10.2. The number of nitrogens with zero attached hydrogens (tertiary/aromatic N) is 1. The number of aliphatic hydroxyl groups excluding tert-OH is 2. The van der Waals surface area contributed by atoms with Crippen LogP contribution < -0.4 is 5.32 Å². The number of rotatable bonds is 1. The maximum Gasteiger partial charge on any atom is 0.190 e. The number of nitrogens with one attached hydrogen (secondary N) is 1. The Morgan fingerprint density at radius 2 is 2.19 bits per heavy atom. The van der Waals surface area contributed by atoms with E-state index in [1.165, 1.54) is 18.2 Å². The third-order valence-electron chi connectivity index (χ3n) is 2.01. The fraction of sp³-hybridized carbons (Fsp3) is 0.100. The van der Waals surface area contributed by atoms with Gasteiger partial charge in [0.1, 0.15) is 11.7 Å². The second-order valence-electron chi connectivity index (χ2n) is 3.20. The Kier molecular flexibility index (Phi) is 2.80. The van der Waals surface area contributed by atoms with Crippen LogP contribution in [0, 0.1) is 5.82 Å². The molecule has 0 aromatic heterocycles. The molecule has 2 rings (SSSR count). The van der Waals surface area contributed by atoms with Gasteiger partial charge in [0.25, 0.3) is 0 Å². The zero-order valence-corrected chi connectivity index (χ0v) is 8.74. The predicted molar refractivity (Wildman–Crippen MR) is 57.8 cm³/mol. The van der Waals surface area contributed by atoms with Crippen LogP contribution in [0.25, 0.3) is 0 Å². The van der Waals surface area contributed by atoms with Crippen molar-refractivity contribution in [1.82, 2.24) is 5.32 Å². The summed E-state index contributed by atoms with van der Waals surface area (Å²) < 4.78 is 12.9. The minimum Gasteiger partial charge on any atom is -0.495 e. The molecule has 0 fully saturated rings. The lowest BCUT2D eigenvalue weighted by Crippen LogP contribution is -2.30. The van der Waals surface area contributed by atoms with Gasteiger partial charge in [0.15, 0.2) is 12.1 Å². The number of halogens is 2. The molecule has 0 saturated carbocycles. The molecule has 0 radical (unpaired) electrons. The van der Waals surface area contributed by atoms with Gasteiger partial charge in [0.05, 0.1) is 5.02 Å². The third kappa shape index (κ3) is 2.15. The Balaban J connectivity index is 2.35. The number of amidine groups is 1. The fourth-order valence-electron chi connectivity index (χ4n) is 1.30. The van der Waals surface area contributed by atoms with Crippen molar-refractivity contribution >= 4 is 17.4 Å². The van der Waals surface area contributed by atoms with Gasteiger partial charge in [-0.25, -0.2) is 9.38 Å².